The molecular weight excluding hydrogens is 457 g/mol. The third-order valence-corrected chi connectivity index (χ3v) is 5.08. The molecule has 6 nitrogen and oxygen atoms in total. The number of thiocarbonyl (C=S) groups is 1. The van der Waals surface area contributed by atoms with Crippen molar-refractivity contribution in [3.05, 3.63) is 76.3 Å². The molecule has 3 aromatic carbocycles. The molecule has 0 bridgehead atoms. The van der Waals surface area contributed by atoms with E-state index < -0.39 is 12.0 Å². The Morgan fingerprint density at radius 2 is 1.77 bits per heavy atom. The quantitative estimate of drug-likeness (QED) is 0.381. The minimum absolute atomic E-state index is 0.0612. The predicted molar refractivity (Wildman–Crippen MR) is 126 cm³/mol. The number of carbonyl (C=O) groups is 2. The van der Waals surface area contributed by atoms with Gasteiger partial charge in [0.05, 0.1) is 11.4 Å². The van der Waals surface area contributed by atoms with Crippen molar-refractivity contribution in [2.75, 3.05) is 0 Å². The molecule has 0 heterocycles. The lowest BCUT2D eigenvalue weighted by Gasteiger charge is -2.17. The summed E-state index contributed by atoms with van der Waals surface area (Å²) < 4.78 is 5.53. The summed E-state index contributed by atoms with van der Waals surface area (Å²) in [6.45, 7) is 1.54. The van der Waals surface area contributed by atoms with Gasteiger partial charge in [-0.2, -0.15) is 0 Å². The van der Waals surface area contributed by atoms with Crippen LogP contribution in [-0.4, -0.2) is 23.0 Å². The highest BCUT2D eigenvalue weighted by molar-refractivity contribution is 7.80. The number of hydrogen-bond donors (Lipinski definition) is 3. The average Bonchev–Trinajstić information content (AvgIpc) is 2.74. The summed E-state index contributed by atoms with van der Waals surface area (Å²) in [7, 11) is 0. The van der Waals surface area contributed by atoms with Crippen LogP contribution in [0.25, 0.3) is 10.8 Å². The summed E-state index contributed by atoms with van der Waals surface area (Å²) in [6.07, 6.45) is -0.732. The van der Waals surface area contributed by atoms with Crippen LogP contribution in [0.1, 0.15) is 12.5 Å². The Bertz CT molecular complexity index is 1130. The van der Waals surface area contributed by atoms with E-state index >= 15 is 0 Å². The Balaban J connectivity index is 1.48. The fourth-order valence-corrected chi connectivity index (χ4v) is 3.45. The molecule has 0 aliphatic carbocycles. The van der Waals surface area contributed by atoms with Crippen LogP contribution in [0.3, 0.4) is 0 Å². The first-order valence-corrected chi connectivity index (χ1v) is 10.5. The smallest absolute Gasteiger partial charge is 0.266 e. The van der Waals surface area contributed by atoms with Gasteiger partial charge in [0.15, 0.2) is 11.2 Å². The Kier molecular flexibility index (Phi) is 7.68. The van der Waals surface area contributed by atoms with Crippen LogP contribution in [0.15, 0.2) is 60.7 Å². The molecule has 3 aromatic rings. The number of halogens is 2. The predicted octanol–water partition coefficient (Wildman–Crippen LogP) is 4.18. The lowest BCUT2D eigenvalue weighted by molar-refractivity contribution is -0.126. The average molecular weight is 476 g/mol. The maximum atomic E-state index is 12.3. The molecule has 0 aliphatic rings. The van der Waals surface area contributed by atoms with E-state index in [2.05, 4.69) is 16.2 Å². The molecule has 9 heteroatoms. The van der Waals surface area contributed by atoms with Crippen molar-refractivity contribution in [1.82, 2.24) is 16.2 Å². The van der Waals surface area contributed by atoms with Crippen molar-refractivity contribution in [1.29, 1.82) is 0 Å². The van der Waals surface area contributed by atoms with Gasteiger partial charge in [-0.3, -0.25) is 25.8 Å². The number of nitrogens with one attached hydrogen (secondary N) is 3. The summed E-state index contributed by atoms with van der Waals surface area (Å²) in [4.78, 5) is 24.6. The number of rotatable bonds is 5. The highest BCUT2D eigenvalue weighted by atomic mass is 35.5. The first kappa shape index (κ1) is 22.8. The van der Waals surface area contributed by atoms with Crippen LogP contribution >= 0.6 is 35.4 Å². The summed E-state index contributed by atoms with van der Waals surface area (Å²) in [5.41, 5.74) is 5.89. The maximum Gasteiger partial charge on any atom is 0.266 e. The van der Waals surface area contributed by atoms with Crippen LogP contribution in [0.4, 0.5) is 0 Å². The highest BCUT2D eigenvalue weighted by Gasteiger charge is 2.18. The van der Waals surface area contributed by atoms with Crippen LogP contribution in [0.5, 0.6) is 5.75 Å². The van der Waals surface area contributed by atoms with E-state index in [1.54, 1.807) is 19.1 Å². The lowest BCUT2D eigenvalue weighted by atomic mass is 10.0. The lowest BCUT2D eigenvalue weighted by Crippen LogP contribution is -2.51. The fraction of sp³-hybridized carbons (Fsp3) is 0.136. The monoisotopic (exact) mass is 475 g/mol. The van der Waals surface area contributed by atoms with Crippen molar-refractivity contribution in [2.45, 2.75) is 19.4 Å². The van der Waals surface area contributed by atoms with Crippen molar-refractivity contribution in [2.24, 2.45) is 0 Å². The van der Waals surface area contributed by atoms with Gasteiger partial charge in [0, 0.05) is 5.02 Å². The van der Waals surface area contributed by atoms with E-state index in [0.717, 1.165) is 16.3 Å². The SMILES string of the molecule is CC(Oc1ccc(Cl)cc1Cl)C(=O)NC(=S)NNC(=O)Cc1cccc2ccccc12. The molecule has 2 amide bonds. The molecule has 31 heavy (non-hydrogen) atoms. The third kappa shape index (κ3) is 6.30. The van der Waals surface area contributed by atoms with Crippen molar-refractivity contribution >= 4 is 63.1 Å². The van der Waals surface area contributed by atoms with Crippen LogP contribution in [0.2, 0.25) is 10.0 Å². The van der Waals surface area contributed by atoms with Gasteiger partial charge in [-0.1, -0.05) is 65.7 Å². The Morgan fingerprint density at radius 3 is 2.55 bits per heavy atom. The molecule has 0 radical (unpaired) electrons. The molecule has 1 unspecified atom stereocenters. The molecule has 0 aliphatic heterocycles. The molecule has 0 saturated carbocycles. The Hall–Kier alpha value is -2.87. The zero-order valence-electron chi connectivity index (χ0n) is 16.4. The molecule has 0 aromatic heterocycles. The van der Waals surface area contributed by atoms with Gasteiger partial charge in [-0.25, -0.2) is 0 Å². The number of hydrogen-bond acceptors (Lipinski definition) is 4. The summed E-state index contributed by atoms with van der Waals surface area (Å²) >= 11 is 17.0. The largest absolute Gasteiger partial charge is 0.479 e. The van der Waals surface area contributed by atoms with Gasteiger partial charge in [-0.05, 0) is 53.7 Å². The van der Waals surface area contributed by atoms with Gasteiger partial charge in [0.2, 0.25) is 5.91 Å². The molecular formula is C22H19Cl2N3O3S. The molecule has 0 fully saturated rings. The fourth-order valence-electron chi connectivity index (χ4n) is 2.85. The normalized spacial score (nSPS) is 11.5. The van der Waals surface area contributed by atoms with Crippen LogP contribution < -0.4 is 20.9 Å². The molecule has 3 rings (SSSR count). The number of carbonyl (C=O) groups excluding carboxylic acids is 2. The molecule has 0 spiro atoms. The van der Waals surface area contributed by atoms with Crippen molar-refractivity contribution in [3.8, 4) is 5.75 Å². The molecule has 160 valence electrons. The third-order valence-electron chi connectivity index (χ3n) is 4.35. The second kappa shape index (κ2) is 10.4. The van der Waals surface area contributed by atoms with E-state index in [9.17, 15) is 9.59 Å². The Labute approximate surface area is 194 Å². The number of ether oxygens (including phenoxy) is 1. The number of amides is 2. The van der Waals surface area contributed by atoms with Crippen molar-refractivity contribution < 1.29 is 14.3 Å². The minimum Gasteiger partial charge on any atom is -0.479 e. The number of fused-ring (bicyclic) bond motifs is 1. The highest BCUT2D eigenvalue weighted by Crippen LogP contribution is 2.28. The summed E-state index contributed by atoms with van der Waals surface area (Å²) in [5, 5.41) is 5.19. The standard InChI is InChI=1S/C22H19Cl2N3O3S/c1-13(30-19-10-9-16(23)12-18(19)24)21(29)25-22(31)27-26-20(28)11-15-7-4-6-14-5-2-3-8-17(14)15/h2-10,12-13H,11H2,1H3,(H,26,28)(H2,25,27,29,31). The number of benzene rings is 3. The topological polar surface area (TPSA) is 79.5 Å². The molecule has 0 saturated heterocycles. The van der Waals surface area contributed by atoms with Gasteiger partial charge >= 0.3 is 0 Å². The zero-order chi connectivity index (χ0) is 22.4. The second-order valence-corrected chi connectivity index (χ2v) is 7.89. The maximum absolute atomic E-state index is 12.3. The van der Waals surface area contributed by atoms with Gasteiger partial charge in [-0.15, -0.1) is 0 Å². The second-order valence-electron chi connectivity index (χ2n) is 6.64. The first-order chi connectivity index (χ1) is 14.8. The first-order valence-electron chi connectivity index (χ1n) is 9.31. The van der Waals surface area contributed by atoms with E-state index in [0.29, 0.717) is 10.8 Å². The zero-order valence-corrected chi connectivity index (χ0v) is 18.8. The molecule has 1 atom stereocenters. The van der Waals surface area contributed by atoms with Gasteiger partial charge in [0.25, 0.3) is 5.91 Å². The van der Waals surface area contributed by atoms with Crippen LogP contribution in [-0.2, 0) is 16.0 Å². The Morgan fingerprint density at radius 1 is 1.03 bits per heavy atom. The van der Waals surface area contributed by atoms with E-state index in [-0.39, 0.29) is 22.5 Å². The van der Waals surface area contributed by atoms with E-state index in [1.165, 1.54) is 6.07 Å². The molecule has 3 N–H and O–H groups in total. The van der Waals surface area contributed by atoms with Crippen LogP contribution in [0, 0.1) is 0 Å². The van der Waals surface area contributed by atoms with Gasteiger partial charge < -0.3 is 4.74 Å². The van der Waals surface area contributed by atoms with Crippen molar-refractivity contribution in [3.63, 3.8) is 0 Å². The van der Waals surface area contributed by atoms with Gasteiger partial charge in [0.1, 0.15) is 5.75 Å². The number of hydrazine groups is 1. The summed E-state index contributed by atoms with van der Waals surface area (Å²) in [6, 6.07) is 18.3. The summed E-state index contributed by atoms with van der Waals surface area (Å²) in [5.74, 6) is -0.493. The van der Waals surface area contributed by atoms with E-state index in [4.69, 9.17) is 40.2 Å². The van der Waals surface area contributed by atoms with E-state index in [1.807, 2.05) is 42.5 Å². The minimum atomic E-state index is -0.884.